The summed E-state index contributed by atoms with van der Waals surface area (Å²) in [5.41, 5.74) is 0.347. The number of hydrogen-bond donors (Lipinski definition) is 1. The molecule has 0 saturated carbocycles. The Hall–Kier alpha value is -1.55. The number of carbonyl (C=O) groups is 1. The fourth-order valence-corrected chi connectivity index (χ4v) is 1.57. The molecule has 0 radical (unpaired) electrons. The van der Waals surface area contributed by atoms with Crippen molar-refractivity contribution >= 4 is 5.97 Å². The van der Waals surface area contributed by atoms with Crippen LogP contribution in [-0.2, 0) is 16.0 Å². The standard InChI is InChI=1S/C15H22O4/c1-11(14(17)19-15(2,3)4)18-13-8-6-5-7-12(13)9-10-16/h5-8,11,16H,9-10H2,1-4H3. The number of hydrogen-bond acceptors (Lipinski definition) is 4. The molecular weight excluding hydrogens is 244 g/mol. The predicted octanol–water partition coefficient (Wildman–Crippen LogP) is 2.33. The maximum absolute atomic E-state index is 11.8. The SMILES string of the molecule is CC(Oc1ccccc1CCO)C(=O)OC(C)(C)C. The van der Waals surface area contributed by atoms with Crippen LogP contribution in [0.1, 0.15) is 33.3 Å². The molecule has 1 aromatic carbocycles. The van der Waals surface area contributed by atoms with Gasteiger partial charge in [-0.3, -0.25) is 0 Å². The first kappa shape index (κ1) is 15.5. The molecular formula is C15H22O4. The van der Waals surface area contributed by atoms with Crippen molar-refractivity contribution in [1.82, 2.24) is 0 Å². The van der Waals surface area contributed by atoms with Crippen LogP contribution in [0, 0.1) is 0 Å². The first-order valence-corrected chi connectivity index (χ1v) is 6.42. The van der Waals surface area contributed by atoms with Crippen molar-refractivity contribution in [3.8, 4) is 5.75 Å². The van der Waals surface area contributed by atoms with E-state index in [1.165, 1.54) is 0 Å². The summed E-state index contributed by atoms with van der Waals surface area (Å²) in [6.45, 7) is 7.15. The highest BCUT2D eigenvalue weighted by Crippen LogP contribution is 2.20. The van der Waals surface area contributed by atoms with Crippen LogP contribution in [0.5, 0.6) is 5.75 Å². The molecule has 0 aliphatic carbocycles. The summed E-state index contributed by atoms with van der Waals surface area (Å²) >= 11 is 0. The minimum atomic E-state index is -0.681. The zero-order valence-corrected chi connectivity index (χ0v) is 12.0. The lowest BCUT2D eigenvalue weighted by Crippen LogP contribution is -2.33. The van der Waals surface area contributed by atoms with Gasteiger partial charge in [0.15, 0.2) is 6.10 Å². The molecule has 106 valence electrons. The summed E-state index contributed by atoms with van der Waals surface area (Å²) in [5.74, 6) is 0.209. The topological polar surface area (TPSA) is 55.8 Å². The van der Waals surface area contributed by atoms with E-state index in [-0.39, 0.29) is 6.61 Å². The van der Waals surface area contributed by atoms with Crippen molar-refractivity contribution in [2.24, 2.45) is 0 Å². The summed E-state index contributed by atoms with van der Waals surface area (Å²) in [7, 11) is 0. The number of aliphatic hydroxyl groups excluding tert-OH is 1. The lowest BCUT2D eigenvalue weighted by atomic mass is 10.1. The van der Waals surface area contributed by atoms with Gasteiger partial charge in [0.05, 0.1) is 0 Å². The average Bonchev–Trinajstić information content (AvgIpc) is 2.29. The van der Waals surface area contributed by atoms with Gasteiger partial charge in [0.25, 0.3) is 0 Å². The molecule has 19 heavy (non-hydrogen) atoms. The highest BCUT2D eigenvalue weighted by atomic mass is 16.6. The van der Waals surface area contributed by atoms with E-state index in [4.69, 9.17) is 14.6 Å². The molecule has 1 unspecified atom stereocenters. The average molecular weight is 266 g/mol. The van der Waals surface area contributed by atoms with E-state index >= 15 is 0 Å². The quantitative estimate of drug-likeness (QED) is 0.831. The van der Waals surface area contributed by atoms with E-state index < -0.39 is 17.7 Å². The number of rotatable bonds is 5. The molecule has 0 aliphatic heterocycles. The molecule has 0 aliphatic rings. The number of ether oxygens (including phenoxy) is 2. The summed E-state index contributed by atoms with van der Waals surface area (Å²) in [6.07, 6.45) is -0.184. The van der Waals surface area contributed by atoms with Gasteiger partial charge in [0.1, 0.15) is 11.4 Å². The van der Waals surface area contributed by atoms with E-state index in [0.717, 1.165) is 5.56 Å². The third-order valence-corrected chi connectivity index (χ3v) is 2.40. The Balaban J connectivity index is 2.71. The number of para-hydroxylation sites is 1. The third-order valence-electron chi connectivity index (χ3n) is 2.40. The zero-order chi connectivity index (χ0) is 14.5. The molecule has 1 N–H and O–H groups in total. The summed E-state index contributed by atoms with van der Waals surface area (Å²) in [6, 6.07) is 7.35. The van der Waals surface area contributed by atoms with Gasteiger partial charge in [0.2, 0.25) is 0 Å². The van der Waals surface area contributed by atoms with E-state index in [1.54, 1.807) is 13.0 Å². The van der Waals surface area contributed by atoms with Crippen LogP contribution < -0.4 is 4.74 Å². The Labute approximate surface area is 114 Å². The van der Waals surface area contributed by atoms with Gasteiger partial charge < -0.3 is 14.6 Å². The van der Waals surface area contributed by atoms with Crippen LogP contribution in [0.25, 0.3) is 0 Å². The molecule has 1 aromatic rings. The molecule has 1 atom stereocenters. The molecule has 4 heteroatoms. The lowest BCUT2D eigenvalue weighted by molar-refractivity contribution is -0.162. The normalized spacial score (nSPS) is 12.9. The first-order chi connectivity index (χ1) is 8.83. The van der Waals surface area contributed by atoms with E-state index in [1.807, 2.05) is 39.0 Å². The van der Waals surface area contributed by atoms with Crippen molar-refractivity contribution in [3.63, 3.8) is 0 Å². The third kappa shape index (κ3) is 5.30. The van der Waals surface area contributed by atoms with E-state index in [2.05, 4.69) is 0 Å². The minimum absolute atomic E-state index is 0.0428. The smallest absolute Gasteiger partial charge is 0.347 e. The van der Waals surface area contributed by atoms with Crippen LogP contribution >= 0.6 is 0 Å². The second kappa shape index (κ2) is 6.57. The molecule has 0 amide bonds. The summed E-state index contributed by atoms with van der Waals surface area (Å²) in [4.78, 5) is 11.8. The second-order valence-corrected chi connectivity index (χ2v) is 5.37. The highest BCUT2D eigenvalue weighted by Gasteiger charge is 2.23. The molecule has 0 bridgehead atoms. The number of carbonyl (C=O) groups excluding carboxylic acids is 1. The second-order valence-electron chi connectivity index (χ2n) is 5.37. The van der Waals surface area contributed by atoms with Crippen LogP contribution in [0.2, 0.25) is 0 Å². The minimum Gasteiger partial charge on any atom is -0.479 e. The van der Waals surface area contributed by atoms with Crippen LogP contribution in [0.4, 0.5) is 0 Å². The number of benzene rings is 1. The van der Waals surface area contributed by atoms with Crippen LogP contribution in [-0.4, -0.2) is 29.4 Å². The van der Waals surface area contributed by atoms with E-state index in [0.29, 0.717) is 12.2 Å². The maximum Gasteiger partial charge on any atom is 0.347 e. The van der Waals surface area contributed by atoms with Gasteiger partial charge in [-0.2, -0.15) is 0 Å². The van der Waals surface area contributed by atoms with Crippen LogP contribution in [0.3, 0.4) is 0 Å². The van der Waals surface area contributed by atoms with Crippen LogP contribution in [0.15, 0.2) is 24.3 Å². The van der Waals surface area contributed by atoms with Gasteiger partial charge >= 0.3 is 5.97 Å². The Morgan fingerprint density at radius 2 is 1.95 bits per heavy atom. The van der Waals surface area contributed by atoms with Crippen molar-refractivity contribution in [3.05, 3.63) is 29.8 Å². The first-order valence-electron chi connectivity index (χ1n) is 6.42. The zero-order valence-electron chi connectivity index (χ0n) is 12.0. The molecule has 0 fully saturated rings. The van der Waals surface area contributed by atoms with Gasteiger partial charge in [-0.25, -0.2) is 4.79 Å². The molecule has 0 heterocycles. The fourth-order valence-electron chi connectivity index (χ4n) is 1.57. The maximum atomic E-state index is 11.8. The Morgan fingerprint density at radius 3 is 2.53 bits per heavy atom. The Morgan fingerprint density at radius 1 is 1.32 bits per heavy atom. The number of aliphatic hydroxyl groups is 1. The van der Waals surface area contributed by atoms with Crippen molar-refractivity contribution in [1.29, 1.82) is 0 Å². The van der Waals surface area contributed by atoms with Crippen molar-refractivity contribution in [2.75, 3.05) is 6.61 Å². The predicted molar refractivity (Wildman–Crippen MR) is 73.2 cm³/mol. The van der Waals surface area contributed by atoms with Gasteiger partial charge in [-0.15, -0.1) is 0 Å². The van der Waals surface area contributed by atoms with Gasteiger partial charge in [0, 0.05) is 6.61 Å². The monoisotopic (exact) mass is 266 g/mol. The highest BCUT2D eigenvalue weighted by molar-refractivity contribution is 5.75. The molecule has 1 rings (SSSR count). The largest absolute Gasteiger partial charge is 0.479 e. The van der Waals surface area contributed by atoms with E-state index in [9.17, 15) is 4.79 Å². The molecule has 0 aromatic heterocycles. The fraction of sp³-hybridized carbons (Fsp3) is 0.533. The van der Waals surface area contributed by atoms with Gasteiger partial charge in [-0.1, -0.05) is 18.2 Å². The van der Waals surface area contributed by atoms with Crippen molar-refractivity contribution in [2.45, 2.75) is 45.8 Å². The molecule has 4 nitrogen and oxygen atoms in total. The summed E-state index contributed by atoms with van der Waals surface area (Å²) in [5, 5.41) is 8.99. The number of esters is 1. The lowest BCUT2D eigenvalue weighted by Gasteiger charge is -2.23. The summed E-state index contributed by atoms with van der Waals surface area (Å²) < 4.78 is 10.9. The Bertz CT molecular complexity index is 420. The molecule has 0 saturated heterocycles. The van der Waals surface area contributed by atoms with Crippen molar-refractivity contribution < 1.29 is 19.4 Å². The molecule has 0 spiro atoms. The Kier molecular flexibility index (Phi) is 5.36. The van der Waals surface area contributed by atoms with Gasteiger partial charge in [-0.05, 0) is 45.7 Å².